The van der Waals surface area contributed by atoms with Crippen LogP contribution in [0.4, 0.5) is 0 Å². The number of rotatable bonds is 10. The van der Waals surface area contributed by atoms with Gasteiger partial charge in [0, 0.05) is 20.2 Å². The SMILES string of the molecule is COCCNC(=O)C(C)N(Cc1ccc(OC)cc1)C(=O)Cc1ccccc1. The van der Waals surface area contributed by atoms with Crippen molar-refractivity contribution < 1.29 is 19.1 Å². The Balaban J connectivity index is 2.15. The summed E-state index contributed by atoms with van der Waals surface area (Å²) in [5, 5.41) is 2.81. The van der Waals surface area contributed by atoms with Crippen LogP contribution in [0.2, 0.25) is 0 Å². The molecular formula is C22H28N2O4. The van der Waals surface area contributed by atoms with Crippen molar-refractivity contribution >= 4 is 11.8 Å². The predicted octanol–water partition coefficient (Wildman–Crippen LogP) is 2.42. The standard InChI is InChI=1S/C22H28N2O4/c1-17(22(26)23-13-14-27-2)24(16-19-9-11-20(28-3)12-10-19)21(25)15-18-7-5-4-6-8-18/h4-12,17H,13-16H2,1-3H3,(H,23,26). The number of nitrogens with one attached hydrogen (secondary N) is 1. The van der Waals surface area contributed by atoms with Gasteiger partial charge in [-0.05, 0) is 30.2 Å². The van der Waals surface area contributed by atoms with Crippen molar-refractivity contribution in [1.82, 2.24) is 10.2 Å². The van der Waals surface area contributed by atoms with Crippen molar-refractivity contribution in [1.29, 1.82) is 0 Å². The molecule has 0 saturated carbocycles. The molecule has 0 aliphatic rings. The summed E-state index contributed by atoms with van der Waals surface area (Å²) >= 11 is 0. The molecule has 0 aliphatic heterocycles. The Morgan fingerprint density at radius 3 is 2.29 bits per heavy atom. The summed E-state index contributed by atoms with van der Waals surface area (Å²) in [4.78, 5) is 27.1. The fraction of sp³-hybridized carbons (Fsp3) is 0.364. The topological polar surface area (TPSA) is 67.9 Å². The Morgan fingerprint density at radius 1 is 1.00 bits per heavy atom. The number of hydrogen-bond acceptors (Lipinski definition) is 4. The van der Waals surface area contributed by atoms with Gasteiger partial charge in [0.1, 0.15) is 11.8 Å². The first-order valence-corrected chi connectivity index (χ1v) is 9.28. The lowest BCUT2D eigenvalue weighted by Gasteiger charge is -2.29. The molecule has 0 radical (unpaired) electrons. The van der Waals surface area contributed by atoms with E-state index in [0.717, 1.165) is 16.9 Å². The third kappa shape index (κ3) is 6.39. The third-order valence-corrected chi connectivity index (χ3v) is 4.48. The molecule has 0 aromatic heterocycles. The normalized spacial score (nSPS) is 11.5. The van der Waals surface area contributed by atoms with Crippen LogP contribution in [0.15, 0.2) is 54.6 Å². The smallest absolute Gasteiger partial charge is 0.242 e. The zero-order valence-corrected chi connectivity index (χ0v) is 16.7. The fourth-order valence-corrected chi connectivity index (χ4v) is 2.81. The first-order valence-electron chi connectivity index (χ1n) is 9.28. The number of carbonyl (C=O) groups is 2. The Morgan fingerprint density at radius 2 is 1.68 bits per heavy atom. The van der Waals surface area contributed by atoms with Crippen molar-refractivity contribution in [2.24, 2.45) is 0 Å². The van der Waals surface area contributed by atoms with E-state index >= 15 is 0 Å². The molecule has 1 N–H and O–H groups in total. The molecular weight excluding hydrogens is 356 g/mol. The number of amides is 2. The maximum absolute atomic E-state index is 13.0. The number of benzene rings is 2. The first kappa shape index (κ1) is 21.4. The van der Waals surface area contributed by atoms with Crippen LogP contribution in [0.25, 0.3) is 0 Å². The quantitative estimate of drug-likeness (QED) is 0.639. The summed E-state index contributed by atoms with van der Waals surface area (Å²) in [6, 6.07) is 16.4. The number of nitrogens with zero attached hydrogens (tertiary/aromatic N) is 1. The van der Waals surface area contributed by atoms with Gasteiger partial charge in [0.25, 0.3) is 0 Å². The molecule has 2 amide bonds. The van der Waals surface area contributed by atoms with Gasteiger partial charge < -0.3 is 19.7 Å². The van der Waals surface area contributed by atoms with E-state index < -0.39 is 6.04 Å². The molecule has 1 unspecified atom stereocenters. The fourth-order valence-electron chi connectivity index (χ4n) is 2.81. The lowest BCUT2D eigenvalue weighted by atomic mass is 10.1. The molecule has 6 nitrogen and oxygen atoms in total. The summed E-state index contributed by atoms with van der Waals surface area (Å²) < 4.78 is 10.2. The van der Waals surface area contributed by atoms with E-state index in [-0.39, 0.29) is 18.2 Å². The summed E-state index contributed by atoms with van der Waals surface area (Å²) in [5.74, 6) is 0.444. The molecule has 150 valence electrons. The van der Waals surface area contributed by atoms with Crippen LogP contribution in [0, 0.1) is 0 Å². The molecule has 28 heavy (non-hydrogen) atoms. The molecule has 2 rings (SSSR count). The zero-order valence-electron chi connectivity index (χ0n) is 16.7. The maximum atomic E-state index is 13.0. The summed E-state index contributed by atoms with van der Waals surface area (Å²) in [7, 11) is 3.19. The number of methoxy groups -OCH3 is 2. The van der Waals surface area contributed by atoms with Gasteiger partial charge in [-0.1, -0.05) is 42.5 Å². The summed E-state index contributed by atoms with van der Waals surface area (Å²) in [5.41, 5.74) is 1.85. The van der Waals surface area contributed by atoms with E-state index in [9.17, 15) is 9.59 Å². The Kier molecular flexibility index (Phi) is 8.49. The van der Waals surface area contributed by atoms with Crippen molar-refractivity contribution in [2.75, 3.05) is 27.4 Å². The largest absolute Gasteiger partial charge is 0.497 e. The van der Waals surface area contributed by atoms with E-state index in [1.807, 2.05) is 54.6 Å². The Labute approximate surface area is 166 Å². The van der Waals surface area contributed by atoms with E-state index in [2.05, 4.69) is 5.32 Å². The molecule has 0 fully saturated rings. The molecule has 2 aromatic rings. The predicted molar refractivity (Wildman–Crippen MR) is 108 cm³/mol. The highest BCUT2D eigenvalue weighted by Gasteiger charge is 2.26. The average molecular weight is 384 g/mol. The Bertz CT molecular complexity index is 747. The van der Waals surface area contributed by atoms with Gasteiger partial charge in [-0.25, -0.2) is 0 Å². The molecule has 0 bridgehead atoms. The van der Waals surface area contributed by atoms with E-state index in [1.54, 1.807) is 26.0 Å². The highest BCUT2D eigenvalue weighted by molar-refractivity contribution is 5.88. The van der Waals surface area contributed by atoms with Crippen LogP contribution in [0.5, 0.6) is 5.75 Å². The molecule has 2 aromatic carbocycles. The first-order chi connectivity index (χ1) is 13.5. The highest BCUT2D eigenvalue weighted by Crippen LogP contribution is 2.16. The van der Waals surface area contributed by atoms with Gasteiger partial charge in [0.2, 0.25) is 11.8 Å². The van der Waals surface area contributed by atoms with Gasteiger partial charge >= 0.3 is 0 Å². The van der Waals surface area contributed by atoms with Crippen molar-refractivity contribution in [3.05, 3.63) is 65.7 Å². The summed E-state index contributed by atoms with van der Waals surface area (Å²) in [6.07, 6.45) is 0.243. The minimum absolute atomic E-state index is 0.101. The zero-order chi connectivity index (χ0) is 20.4. The van der Waals surface area contributed by atoms with Gasteiger partial charge in [-0.15, -0.1) is 0 Å². The second kappa shape index (κ2) is 11.1. The second-order valence-corrected chi connectivity index (χ2v) is 6.49. The van der Waals surface area contributed by atoms with Gasteiger partial charge in [0.15, 0.2) is 0 Å². The van der Waals surface area contributed by atoms with Gasteiger partial charge in [-0.3, -0.25) is 9.59 Å². The van der Waals surface area contributed by atoms with Crippen LogP contribution < -0.4 is 10.1 Å². The van der Waals surface area contributed by atoms with Crippen LogP contribution >= 0.6 is 0 Å². The number of ether oxygens (including phenoxy) is 2. The van der Waals surface area contributed by atoms with E-state index in [1.165, 1.54) is 0 Å². The molecule has 0 heterocycles. The molecule has 1 atom stereocenters. The number of hydrogen-bond donors (Lipinski definition) is 1. The van der Waals surface area contributed by atoms with E-state index in [0.29, 0.717) is 19.7 Å². The third-order valence-electron chi connectivity index (χ3n) is 4.48. The monoisotopic (exact) mass is 384 g/mol. The maximum Gasteiger partial charge on any atom is 0.242 e. The van der Waals surface area contributed by atoms with Crippen molar-refractivity contribution in [3.63, 3.8) is 0 Å². The molecule has 0 aliphatic carbocycles. The Hall–Kier alpha value is -2.86. The van der Waals surface area contributed by atoms with Crippen LogP contribution in [-0.4, -0.2) is 50.1 Å². The van der Waals surface area contributed by atoms with Crippen LogP contribution in [-0.2, 0) is 27.3 Å². The molecule has 0 saturated heterocycles. The van der Waals surface area contributed by atoms with Crippen molar-refractivity contribution in [3.8, 4) is 5.75 Å². The minimum atomic E-state index is -0.602. The van der Waals surface area contributed by atoms with Crippen LogP contribution in [0.3, 0.4) is 0 Å². The van der Waals surface area contributed by atoms with Crippen molar-refractivity contribution in [2.45, 2.75) is 25.9 Å². The highest BCUT2D eigenvalue weighted by atomic mass is 16.5. The van der Waals surface area contributed by atoms with E-state index in [4.69, 9.17) is 9.47 Å². The summed E-state index contributed by atoms with van der Waals surface area (Å²) in [6.45, 7) is 2.92. The lowest BCUT2D eigenvalue weighted by molar-refractivity contribution is -0.140. The average Bonchev–Trinajstić information content (AvgIpc) is 2.72. The van der Waals surface area contributed by atoms with Crippen LogP contribution in [0.1, 0.15) is 18.1 Å². The molecule has 6 heteroatoms. The number of carbonyl (C=O) groups excluding carboxylic acids is 2. The van der Waals surface area contributed by atoms with Gasteiger partial charge in [0.05, 0.1) is 20.1 Å². The minimum Gasteiger partial charge on any atom is -0.497 e. The second-order valence-electron chi connectivity index (χ2n) is 6.49. The van der Waals surface area contributed by atoms with Gasteiger partial charge in [-0.2, -0.15) is 0 Å². The lowest BCUT2D eigenvalue weighted by Crippen LogP contribution is -2.48. The molecule has 0 spiro atoms.